The number of amides is 1. The number of carbonyl (C=O) groups is 1. The van der Waals surface area contributed by atoms with Gasteiger partial charge in [0.2, 0.25) is 0 Å². The summed E-state index contributed by atoms with van der Waals surface area (Å²) in [6.07, 6.45) is 0.625. The van der Waals surface area contributed by atoms with Crippen molar-refractivity contribution in [3.63, 3.8) is 0 Å². The van der Waals surface area contributed by atoms with Gasteiger partial charge in [0.15, 0.2) is 0 Å². The second-order valence-corrected chi connectivity index (χ2v) is 4.73. The van der Waals surface area contributed by atoms with Crippen LogP contribution in [-0.4, -0.2) is 61.8 Å². The maximum Gasteiger partial charge on any atom is 0.400 e. The van der Waals surface area contributed by atoms with Crippen molar-refractivity contribution in [2.45, 2.75) is 26.7 Å². The quantitative estimate of drug-likeness (QED) is 0.606. The molecule has 2 saturated heterocycles. The SMILES string of the molecule is CC.O=C(F)N1CCC(CN2CCNCC2)CC1. The van der Waals surface area contributed by atoms with E-state index in [1.807, 2.05) is 13.8 Å². The molecule has 2 rings (SSSR count). The predicted octanol–water partition coefficient (Wildman–Crippen LogP) is 1.72. The molecule has 2 heterocycles. The fourth-order valence-electron chi connectivity index (χ4n) is 2.55. The summed E-state index contributed by atoms with van der Waals surface area (Å²) in [5.41, 5.74) is 0. The van der Waals surface area contributed by atoms with E-state index in [9.17, 15) is 9.18 Å². The minimum Gasteiger partial charge on any atom is -0.315 e. The van der Waals surface area contributed by atoms with E-state index in [-0.39, 0.29) is 0 Å². The van der Waals surface area contributed by atoms with E-state index in [4.69, 9.17) is 0 Å². The van der Waals surface area contributed by atoms with Gasteiger partial charge in [-0.05, 0) is 18.8 Å². The number of nitrogens with one attached hydrogen (secondary N) is 1. The number of piperidine rings is 1. The lowest BCUT2D eigenvalue weighted by molar-refractivity contribution is 0.128. The number of carbonyl (C=O) groups excluding carboxylic acids is 1. The third-order valence-corrected chi connectivity index (χ3v) is 3.59. The second-order valence-electron chi connectivity index (χ2n) is 4.73. The van der Waals surface area contributed by atoms with E-state index in [0.717, 1.165) is 45.6 Å². The summed E-state index contributed by atoms with van der Waals surface area (Å²) in [5.74, 6) is 0.633. The summed E-state index contributed by atoms with van der Waals surface area (Å²) >= 11 is 0. The van der Waals surface area contributed by atoms with Crippen LogP contribution in [0.1, 0.15) is 26.7 Å². The lowest BCUT2D eigenvalue weighted by Crippen LogP contribution is -2.47. The molecule has 18 heavy (non-hydrogen) atoms. The minimum absolute atomic E-state index is 0.589. The van der Waals surface area contributed by atoms with Crippen molar-refractivity contribution in [3.8, 4) is 0 Å². The second kappa shape index (κ2) is 8.43. The summed E-state index contributed by atoms with van der Waals surface area (Å²) < 4.78 is 12.4. The molecule has 2 aliphatic heterocycles. The number of halogens is 1. The van der Waals surface area contributed by atoms with Crippen molar-refractivity contribution >= 4 is 6.16 Å². The van der Waals surface area contributed by atoms with E-state index in [1.54, 1.807) is 0 Å². The third-order valence-electron chi connectivity index (χ3n) is 3.59. The van der Waals surface area contributed by atoms with Gasteiger partial charge < -0.3 is 15.1 Å². The monoisotopic (exact) mass is 259 g/mol. The van der Waals surface area contributed by atoms with Gasteiger partial charge in [-0.2, -0.15) is 0 Å². The Morgan fingerprint density at radius 1 is 1.17 bits per heavy atom. The van der Waals surface area contributed by atoms with Gasteiger partial charge in [0.25, 0.3) is 0 Å². The number of piperazine rings is 1. The van der Waals surface area contributed by atoms with E-state index in [2.05, 4.69) is 10.2 Å². The molecule has 0 bridgehead atoms. The van der Waals surface area contributed by atoms with Crippen LogP contribution in [0.5, 0.6) is 0 Å². The lowest BCUT2D eigenvalue weighted by atomic mass is 9.96. The summed E-state index contributed by atoms with van der Waals surface area (Å²) in [6.45, 7) is 10.7. The van der Waals surface area contributed by atoms with E-state index in [1.165, 1.54) is 4.90 Å². The molecule has 2 fully saturated rings. The van der Waals surface area contributed by atoms with E-state index >= 15 is 0 Å². The molecule has 0 saturated carbocycles. The average Bonchev–Trinajstić information content (AvgIpc) is 2.43. The maximum atomic E-state index is 12.4. The lowest BCUT2D eigenvalue weighted by Gasteiger charge is -2.35. The van der Waals surface area contributed by atoms with Gasteiger partial charge in [-0.1, -0.05) is 13.8 Å². The molecule has 0 aliphatic carbocycles. The number of nitrogens with zero attached hydrogens (tertiary/aromatic N) is 2. The molecule has 0 unspecified atom stereocenters. The number of hydrogen-bond acceptors (Lipinski definition) is 3. The number of likely N-dealkylation sites (tertiary alicyclic amines) is 1. The largest absolute Gasteiger partial charge is 0.400 e. The minimum atomic E-state index is -1.26. The molecular formula is C13H26FN3O. The molecular weight excluding hydrogens is 233 g/mol. The van der Waals surface area contributed by atoms with Gasteiger partial charge in [0, 0.05) is 45.8 Å². The fourth-order valence-corrected chi connectivity index (χ4v) is 2.55. The zero-order chi connectivity index (χ0) is 13.4. The van der Waals surface area contributed by atoms with Crippen LogP contribution in [0, 0.1) is 5.92 Å². The zero-order valence-corrected chi connectivity index (χ0v) is 11.6. The van der Waals surface area contributed by atoms with Crippen molar-refractivity contribution in [3.05, 3.63) is 0 Å². The van der Waals surface area contributed by atoms with Gasteiger partial charge in [-0.3, -0.25) is 0 Å². The zero-order valence-electron chi connectivity index (χ0n) is 11.6. The molecule has 5 heteroatoms. The van der Waals surface area contributed by atoms with Crippen LogP contribution in [0.3, 0.4) is 0 Å². The van der Waals surface area contributed by atoms with Crippen molar-refractivity contribution in [2.24, 2.45) is 5.92 Å². The highest BCUT2D eigenvalue weighted by Gasteiger charge is 2.24. The molecule has 0 radical (unpaired) electrons. The molecule has 0 atom stereocenters. The topological polar surface area (TPSA) is 35.6 Å². The molecule has 0 aromatic carbocycles. The van der Waals surface area contributed by atoms with Crippen LogP contribution in [0.4, 0.5) is 9.18 Å². The molecule has 1 amide bonds. The van der Waals surface area contributed by atoms with Crippen molar-refractivity contribution in [2.75, 3.05) is 45.8 Å². The Kier molecular flexibility index (Phi) is 7.20. The van der Waals surface area contributed by atoms with Gasteiger partial charge in [-0.15, -0.1) is 4.39 Å². The predicted molar refractivity (Wildman–Crippen MR) is 71.5 cm³/mol. The van der Waals surface area contributed by atoms with Crippen LogP contribution in [-0.2, 0) is 0 Å². The Morgan fingerprint density at radius 3 is 2.22 bits per heavy atom. The third kappa shape index (κ3) is 4.90. The van der Waals surface area contributed by atoms with E-state index in [0.29, 0.717) is 19.0 Å². The first-order valence-electron chi connectivity index (χ1n) is 7.13. The Bertz CT molecular complexity index is 236. The van der Waals surface area contributed by atoms with Gasteiger partial charge in [0.05, 0.1) is 0 Å². The fraction of sp³-hybridized carbons (Fsp3) is 0.923. The van der Waals surface area contributed by atoms with Crippen molar-refractivity contribution < 1.29 is 9.18 Å². The standard InChI is InChI=1S/C11H20FN3O.C2H6/c12-11(16)15-5-1-10(2-6-15)9-14-7-3-13-4-8-14;1-2/h10,13H,1-9H2;1-2H3. The van der Waals surface area contributed by atoms with E-state index < -0.39 is 6.16 Å². The van der Waals surface area contributed by atoms with Crippen LogP contribution >= 0.6 is 0 Å². The van der Waals surface area contributed by atoms with Crippen LogP contribution < -0.4 is 5.32 Å². The van der Waals surface area contributed by atoms with Crippen molar-refractivity contribution in [1.29, 1.82) is 0 Å². The number of hydrogen-bond donors (Lipinski definition) is 1. The van der Waals surface area contributed by atoms with Crippen molar-refractivity contribution in [1.82, 2.24) is 15.1 Å². The molecule has 4 nitrogen and oxygen atoms in total. The molecule has 1 N–H and O–H groups in total. The molecule has 2 aliphatic rings. The Balaban J connectivity index is 0.000000771. The summed E-state index contributed by atoms with van der Waals surface area (Å²) in [6, 6.07) is 0. The first-order valence-corrected chi connectivity index (χ1v) is 7.13. The Labute approximate surface area is 110 Å². The van der Waals surface area contributed by atoms with Gasteiger partial charge in [0.1, 0.15) is 0 Å². The van der Waals surface area contributed by atoms with Gasteiger partial charge in [-0.25, -0.2) is 4.79 Å². The first-order chi connectivity index (χ1) is 8.75. The number of rotatable bonds is 2. The maximum absolute atomic E-state index is 12.4. The Hall–Kier alpha value is -0.680. The van der Waals surface area contributed by atoms with Crippen LogP contribution in [0.2, 0.25) is 0 Å². The van der Waals surface area contributed by atoms with Crippen LogP contribution in [0.15, 0.2) is 0 Å². The molecule has 0 aromatic heterocycles. The normalized spacial score (nSPS) is 22.3. The molecule has 0 spiro atoms. The smallest absolute Gasteiger partial charge is 0.315 e. The molecule has 106 valence electrons. The summed E-state index contributed by atoms with van der Waals surface area (Å²) in [7, 11) is 0. The highest BCUT2D eigenvalue weighted by atomic mass is 19.1. The molecule has 0 aromatic rings. The highest BCUT2D eigenvalue weighted by Crippen LogP contribution is 2.19. The summed E-state index contributed by atoms with van der Waals surface area (Å²) in [5, 5.41) is 3.33. The van der Waals surface area contributed by atoms with Crippen LogP contribution in [0.25, 0.3) is 0 Å². The first kappa shape index (κ1) is 15.4. The summed E-state index contributed by atoms with van der Waals surface area (Å²) in [4.78, 5) is 14.3. The highest BCUT2D eigenvalue weighted by molar-refractivity contribution is 5.66. The Morgan fingerprint density at radius 2 is 1.72 bits per heavy atom. The van der Waals surface area contributed by atoms with Gasteiger partial charge >= 0.3 is 6.16 Å². The average molecular weight is 259 g/mol.